The van der Waals surface area contributed by atoms with Gasteiger partial charge < -0.3 is 20.1 Å². The van der Waals surface area contributed by atoms with Crippen molar-refractivity contribution in [3.8, 4) is 0 Å². The van der Waals surface area contributed by atoms with Crippen molar-refractivity contribution in [3.63, 3.8) is 0 Å². The summed E-state index contributed by atoms with van der Waals surface area (Å²) in [7, 11) is 1.52. The van der Waals surface area contributed by atoms with E-state index in [2.05, 4.69) is 0 Å². The zero-order valence-electron chi connectivity index (χ0n) is 12.1. The van der Waals surface area contributed by atoms with E-state index in [1.165, 1.54) is 18.1 Å². The predicted molar refractivity (Wildman–Crippen MR) is 80.3 cm³/mol. The van der Waals surface area contributed by atoms with Gasteiger partial charge in [0, 0.05) is 19.2 Å². The van der Waals surface area contributed by atoms with Crippen LogP contribution in [-0.2, 0) is 14.3 Å². The number of ether oxygens (including phenoxy) is 2. The standard InChI is InChI=1S/C14H19ClN2O4/c1-3-21-13(18)9-17(6-7-20-2)14(19)10-4-5-12(16)11(15)8-10/h4-5,8H,3,6-7,9,16H2,1-2H3. The molecule has 1 amide bonds. The Bertz CT molecular complexity index is 508. The van der Waals surface area contributed by atoms with E-state index in [-0.39, 0.29) is 25.6 Å². The van der Waals surface area contributed by atoms with Crippen LogP contribution in [0.3, 0.4) is 0 Å². The number of esters is 1. The highest BCUT2D eigenvalue weighted by atomic mass is 35.5. The zero-order valence-corrected chi connectivity index (χ0v) is 12.9. The van der Waals surface area contributed by atoms with Crippen molar-refractivity contribution >= 4 is 29.2 Å². The molecule has 1 aromatic rings. The van der Waals surface area contributed by atoms with Crippen molar-refractivity contribution in [2.75, 3.05) is 39.1 Å². The maximum absolute atomic E-state index is 12.4. The van der Waals surface area contributed by atoms with Gasteiger partial charge in [0.05, 0.1) is 23.9 Å². The summed E-state index contributed by atoms with van der Waals surface area (Å²) in [6, 6.07) is 4.59. The normalized spacial score (nSPS) is 10.2. The van der Waals surface area contributed by atoms with Gasteiger partial charge in [-0.3, -0.25) is 9.59 Å². The van der Waals surface area contributed by atoms with Gasteiger partial charge in [-0.05, 0) is 25.1 Å². The van der Waals surface area contributed by atoms with E-state index in [0.29, 0.717) is 22.9 Å². The second kappa shape index (κ2) is 8.49. The minimum Gasteiger partial charge on any atom is -0.465 e. The summed E-state index contributed by atoms with van der Waals surface area (Å²) in [6.45, 7) is 2.42. The van der Waals surface area contributed by atoms with Gasteiger partial charge in [0.1, 0.15) is 6.54 Å². The fourth-order valence-corrected chi connectivity index (χ4v) is 1.84. The molecule has 0 radical (unpaired) electrons. The Hall–Kier alpha value is -1.79. The third-order valence-corrected chi connectivity index (χ3v) is 3.05. The molecular formula is C14H19ClN2O4. The first-order valence-electron chi connectivity index (χ1n) is 6.48. The third kappa shape index (κ3) is 5.24. The summed E-state index contributed by atoms with van der Waals surface area (Å²) in [4.78, 5) is 25.3. The molecule has 0 aliphatic heterocycles. The second-order valence-corrected chi connectivity index (χ2v) is 4.67. The van der Waals surface area contributed by atoms with Gasteiger partial charge in [-0.1, -0.05) is 11.6 Å². The first-order valence-corrected chi connectivity index (χ1v) is 6.86. The fraction of sp³-hybridized carbons (Fsp3) is 0.429. The molecule has 6 nitrogen and oxygen atoms in total. The quantitative estimate of drug-likeness (QED) is 0.610. The maximum Gasteiger partial charge on any atom is 0.325 e. The number of hydrogen-bond donors (Lipinski definition) is 1. The van der Waals surface area contributed by atoms with Crippen LogP contribution in [0.5, 0.6) is 0 Å². The Balaban J connectivity index is 2.87. The Labute approximate surface area is 128 Å². The number of halogens is 1. The lowest BCUT2D eigenvalue weighted by Gasteiger charge is -2.21. The largest absolute Gasteiger partial charge is 0.465 e. The lowest BCUT2D eigenvalue weighted by atomic mass is 10.2. The molecule has 0 aromatic heterocycles. The van der Waals surface area contributed by atoms with E-state index in [1.807, 2.05) is 0 Å². The minimum atomic E-state index is -0.469. The summed E-state index contributed by atoms with van der Waals surface area (Å²) < 4.78 is 9.81. The molecule has 0 saturated carbocycles. The first kappa shape index (κ1) is 17.3. The molecule has 0 fully saturated rings. The number of amides is 1. The number of nitrogens with two attached hydrogens (primary N) is 1. The number of hydrogen-bond acceptors (Lipinski definition) is 5. The van der Waals surface area contributed by atoms with Crippen LogP contribution in [0.4, 0.5) is 5.69 Å². The highest BCUT2D eigenvalue weighted by molar-refractivity contribution is 6.33. The van der Waals surface area contributed by atoms with E-state index in [4.69, 9.17) is 26.8 Å². The van der Waals surface area contributed by atoms with E-state index in [1.54, 1.807) is 19.1 Å². The zero-order chi connectivity index (χ0) is 15.8. The molecule has 0 atom stereocenters. The maximum atomic E-state index is 12.4. The molecule has 0 spiro atoms. The lowest BCUT2D eigenvalue weighted by molar-refractivity contribution is -0.143. The first-order chi connectivity index (χ1) is 9.99. The van der Waals surface area contributed by atoms with Gasteiger partial charge in [-0.15, -0.1) is 0 Å². The number of nitrogen functional groups attached to an aromatic ring is 1. The minimum absolute atomic E-state index is 0.141. The van der Waals surface area contributed by atoms with Crippen molar-refractivity contribution < 1.29 is 19.1 Å². The van der Waals surface area contributed by atoms with Crippen molar-refractivity contribution in [2.24, 2.45) is 0 Å². The molecule has 0 heterocycles. The van der Waals surface area contributed by atoms with Gasteiger partial charge in [0.25, 0.3) is 5.91 Å². The molecular weight excluding hydrogens is 296 g/mol. The summed E-state index contributed by atoms with van der Waals surface area (Å²) in [5.74, 6) is -0.800. The van der Waals surface area contributed by atoms with E-state index in [0.717, 1.165) is 0 Å². The summed E-state index contributed by atoms with van der Waals surface area (Å²) in [5.41, 5.74) is 6.36. The molecule has 1 rings (SSSR count). The molecule has 0 aliphatic carbocycles. The monoisotopic (exact) mass is 314 g/mol. The summed E-state index contributed by atoms with van der Waals surface area (Å²) in [5, 5.41) is 0.295. The van der Waals surface area contributed by atoms with Crippen LogP contribution in [0.25, 0.3) is 0 Å². The van der Waals surface area contributed by atoms with E-state index >= 15 is 0 Å². The molecule has 1 aromatic carbocycles. The summed E-state index contributed by atoms with van der Waals surface area (Å²) in [6.07, 6.45) is 0. The number of carbonyl (C=O) groups excluding carboxylic acids is 2. The molecule has 7 heteroatoms. The molecule has 0 bridgehead atoms. The van der Waals surface area contributed by atoms with Crippen LogP contribution in [-0.4, -0.2) is 50.2 Å². The Kier molecular flexibility index (Phi) is 6.98. The van der Waals surface area contributed by atoms with E-state index < -0.39 is 5.97 Å². The van der Waals surface area contributed by atoms with Crippen LogP contribution in [0.15, 0.2) is 18.2 Å². The Morgan fingerprint density at radius 3 is 2.67 bits per heavy atom. The highest BCUT2D eigenvalue weighted by Crippen LogP contribution is 2.20. The molecule has 0 unspecified atom stereocenters. The summed E-state index contributed by atoms with van der Waals surface area (Å²) >= 11 is 5.91. The van der Waals surface area contributed by atoms with Crippen LogP contribution >= 0.6 is 11.6 Å². The predicted octanol–water partition coefficient (Wildman–Crippen LogP) is 1.57. The van der Waals surface area contributed by atoms with Crippen LogP contribution < -0.4 is 5.73 Å². The molecule has 0 saturated heterocycles. The van der Waals surface area contributed by atoms with Crippen molar-refractivity contribution in [3.05, 3.63) is 28.8 Å². The number of benzene rings is 1. The van der Waals surface area contributed by atoms with Crippen molar-refractivity contribution in [1.82, 2.24) is 4.90 Å². The van der Waals surface area contributed by atoms with Crippen LogP contribution in [0.1, 0.15) is 17.3 Å². The third-order valence-electron chi connectivity index (χ3n) is 2.73. The molecule has 21 heavy (non-hydrogen) atoms. The molecule has 0 aliphatic rings. The van der Waals surface area contributed by atoms with Crippen molar-refractivity contribution in [2.45, 2.75) is 6.92 Å². The smallest absolute Gasteiger partial charge is 0.325 e. The van der Waals surface area contributed by atoms with Crippen LogP contribution in [0, 0.1) is 0 Å². The van der Waals surface area contributed by atoms with Gasteiger partial charge in [0.15, 0.2) is 0 Å². The van der Waals surface area contributed by atoms with Crippen molar-refractivity contribution in [1.29, 1.82) is 0 Å². The van der Waals surface area contributed by atoms with Crippen LogP contribution in [0.2, 0.25) is 5.02 Å². The number of anilines is 1. The highest BCUT2D eigenvalue weighted by Gasteiger charge is 2.20. The Morgan fingerprint density at radius 1 is 1.38 bits per heavy atom. The number of methoxy groups -OCH3 is 1. The Morgan fingerprint density at radius 2 is 2.10 bits per heavy atom. The number of nitrogens with zero attached hydrogens (tertiary/aromatic N) is 1. The second-order valence-electron chi connectivity index (χ2n) is 4.26. The molecule has 116 valence electrons. The van der Waals surface area contributed by atoms with Gasteiger partial charge in [0.2, 0.25) is 0 Å². The van der Waals surface area contributed by atoms with Gasteiger partial charge in [-0.25, -0.2) is 0 Å². The van der Waals surface area contributed by atoms with E-state index in [9.17, 15) is 9.59 Å². The number of carbonyl (C=O) groups is 2. The fourth-order valence-electron chi connectivity index (χ4n) is 1.66. The van der Waals surface area contributed by atoms with Gasteiger partial charge in [-0.2, -0.15) is 0 Å². The van der Waals surface area contributed by atoms with Gasteiger partial charge >= 0.3 is 5.97 Å². The SMILES string of the molecule is CCOC(=O)CN(CCOC)C(=O)c1ccc(N)c(Cl)c1. The average molecular weight is 315 g/mol. The number of rotatable bonds is 7. The topological polar surface area (TPSA) is 81.9 Å². The lowest BCUT2D eigenvalue weighted by Crippen LogP contribution is -2.38. The molecule has 2 N–H and O–H groups in total. The average Bonchev–Trinajstić information content (AvgIpc) is 2.46.